The van der Waals surface area contributed by atoms with Gasteiger partial charge in [-0.25, -0.2) is 9.97 Å². The van der Waals surface area contributed by atoms with E-state index in [1.807, 2.05) is 6.20 Å². The third-order valence-electron chi connectivity index (χ3n) is 11.7. The molecule has 3 aromatic carbocycles. The molecule has 8 nitrogen and oxygen atoms in total. The second-order valence-corrected chi connectivity index (χ2v) is 15.1. The van der Waals surface area contributed by atoms with E-state index in [0.29, 0.717) is 11.8 Å². The summed E-state index contributed by atoms with van der Waals surface area (Å²) >= 11 is 0. The molecule has 0 unspecified atom stereocenters. The molecule has 2 fully saturated rings. The van der Waals surface area contributed by atoms with E-state index in [1.165, 1.54) is 5.39 Å². The largest absolute Gasteiger partial charge is 0.340 e. The SMILES string of the molecule is CC[C@H](C(=O)N1CCC[C@H]1c1ncc(-c2ccc3cc(-c4ccc5nc([C@@H]6CCCN6C(=O)[C@@H](C)[C@@H](C)CC)[nH]c5c4)ccc3c2)[nH]1)C(C)C. The van der Waals surface area contributed by atoms with Gasteiger partial charge in [-0.15, -0.1) is 0 Å². The summed E-state index contributed by atoms with van der Waals surface area (Å²) in [5.41, 5.74) is 6.24. The van der Waals surface area contributed by atoms with E-state index in [0.717, 1.165) is 102 Å². The van der Waals surface area contributed by atoms with Crippen molar-refractivity contribution in [3.8, 4) is 22.4 Å². The zero-order chi connectivity index (χ0) is 35.1. The average Bonchev–Trinajstić information content (AvgIpc) is 3.95. The van der Waals surface area contributed by atoms with Crippen molar-refractivity contribution in [3.05, 3.63) is 72.4 Å². The molecule has 0 spiro atoms. The minimum absolute atomic E-state index is 0.00329. The molecule has 5 aromatic rings. The van der Waals surface area contributed by atoms with Crippen molar-refractivity contribution in [1.82, 2.24) is 29.7 Å². The molecule has 8 heteroatoms. The molecule has 2 N–H and O–H groups in total. The fourth-order valence-corrected chi connectivity index (χ4v) is 8.24. The zero-order valence-corrected chi connectivity index (χ0v) is 30.5. The number of aromatic amines is 2. The van der Waals surface area contributed by atoms with Crippen LogP contribution in [0.3, 0.4) is 0 Å². The summed E-state index contributed by atoms with van der Waals surface area (Å²) in [6.45, 7) is 14.4. The van der Waals surface area contributed by atoms with Crippen molar-refractivity contribution in [3.63, 3.8) is 0 Å². The van der Waals surface area contributed by atoms with Crippen molar-refractivity contribution < 1.29 is 9.59 Å². The first kappa shape index (κ1) is 34.0. The van der Waals surface area contributed by atoms with Crippen LogP contribution in [0.25, 0.3) is 44.2 Å². The van der Waals surface area contributed by atoms with E-state index < -0.39 is 0 Å². The third kappa shape index (κ3) is 6.33. The highest BCUT2D eigenvalue weighted by molar-refractivity contribution is 5.92. The smallest absolute Gasteiger partial charge is 0.226 e. The number of amides is 2. The molecule has 0 bridgehead atoms. The number of benzene rings is 3. The standard InChI is InChI=1S/C42H52N6O2/c1-7-26(5)27(6)41(49)47-19-10-12-38(47)40-44-34-18-17-31(23-35(34)45-40)29-13-14-30-22-32(16-15-28(30)21-29)36-24-43-39(46-36)37-11-9-20-48(37)42(50)33(8-2)25(3)4/h13-18,21-27,33,37-38H,7-12,19-20H2,1-6H3,(H,43,46)(H,44,45)/t26-,27-,33-,37-,38-/m0/s1. The fraction of sp³-hybridized carbons (Fsp3) is 0.476. The number of hydrogen-bond acceptors (Lipinski definition) is 4. The maximum Gasteiger partial charge on any atom is 0.226 e. The zero-order valence-electron chi connectivity index (χ0n) is 30.5. The predicted octanol–water partition coefficient (Wildman–Crippen LogP) is 9.46. The molecule has 2 aliphatic heterocycles. The van der Waals surface area contributed by atoms with Crippen molar-refractivity contribution in [2.75, 3.05) is 13.1 Å². The molecule has 2 saturated heterocycles. The summed E-state index contributed by atoms with van der Waals surface area (Å²) in [6.07, 6.45) is 7.66. The van der Waals surface area contributed by atoms with Gasteiger partial charge in [0, 0.05) is 30.5 Å². The second-order valence-electron chi connectivity index (χ2n) is 15.1. The van der Waals surface area contributed by atoms with Crippen molar-refractivity contribution in [2.24, 2.45) is 23.7 Å². The summed E-state index contributed by atoms with van der Waals surface area (Å²) in [5.74, 6) is 3.03. The summed E-state index contributed by atoms with van der Waals surface area (Å²) in [4.78, 5) is 47.8. The molecule has 2 aromatic heterocycles. The fourth-order valence-electron chi connectivity index (χ4n) is 8.24. The van der Waals surface area contributed by atoms with Gasteiger partial charge in [-0.05, 0) is 90.1 Å². The number of aromatic nitrogens is 4. The Balaban J connectivity index is 1.09. The normalized spacial score (nSPS) is 19.9. The van der Waals surface area contributed by atoms with Crippen LogP contribution in [0, 0.1) is 23.7 Å². The van der Waals surface area contributed by atoms with Gasteiger partial charge in [0.05, 0.1) is 35.0 Å². The highest BCUT2D eigenvalue weighted by Crippen LogP contribution is 2.37. The molecule has 50 heavy (non-hydrogen) atoms. The van der Waals surface area contributed by atoms with Crippen LogP contribution in [0.4, 0.5) is 0 Å². The van der Waals surface area contributed by atoms with Crippen LogP contribution in [0.1, 0.15) is 104 Å². The average molecular weight is 673 g/mol. The topological polar surface area (TPSA) is 98.0 Å². The number of rotatable bonds is 10. The Bertz CT molecular complexity index is 2010. The van der Waals surface area contributed by atoms with Gasteiger partial charge >= 0.3 is 0 Å². The minimum atomic E-state index is 0.00329. The molecule has 5 atom stereocenters. The van der Waals surface area contributed by atoms with E-state index in [9.17, 15) is 9.59 Å². The van der Waals surface area contributed by atoms with Crippen LogP contribution in [0.5, 0.6) is 0 Å². The van der Waals surface area contributed by atoms with E-state index >= 15 is 0 Å². The van der Waals surface area contributed by atoms with Gasteiger partial charge in [-0.1, -0.05) is 78.3 Å². The number of nitrogens with zero attached hydrogens (tertiary/aromatic N) is 4. The third-order valence-corrected chi connectivity index (χ3v) is 11.7. The number of carbonyl (C=O) groups is 2. The summed E-state index contributed by atoms with van der Waals surface area (Å²) in [6, 6.07) is 19.5. The van der Waals surface area contributed by atoms with Crippen LogP contribution < -0.4 is 0 Å². The molecule has 7 rings (SSSR count). The molecular formula is C42H52N6O2. The first-order chi connectivity index (χ1) is 24.2. The van der Waals surface area contributed by atoms with E-state index in [1.54, 1.807) is 0 Å². The molecule has 0 radical (unpaired) electrons. The van der Waals surface area contributed by atoms with E-state index in [-0.39, 0.29) is 35.7 Å². The Morgan fingerprint density at radius 3 is 2.06 bits per heavy atom. The first-order valence-electron chi connectivity index (χ1n) is 18.9. The Labute approximate surface area is 296 Å². The van der Waals surface area contributed by atoms with Crippen molar-refractivity contribution in [2.45, 2.75) is 92.2 Å². The molecule has 2 amide bonds. The van der Waals surface area contributed by atoms with Crippen LogP contribution in [0.15, 0.2) is 60.8 Å². The highest BCUT2D eigenvalue weighted by atomic mass is 16.2. The van der Waals surface area contributed by atoms with Gasteiger partial charge in [0.2, 0.25) is 11.8 Å². The van der Waals surface area contributed by atoms with Crippen LogP contribution in [0.2, 0.25) is 0 Å². The lowest BCUT2D eigenvalue weighted by molar-refractivity contribution is -0.138. The Kier molecular flexibility index (Phi) is 9.55. The van der Waals surface area contributed by atoms with Gasteiger partial charge in [-0.2, -0.15) is 0 Å². The lowest BCUT2D eigenvalue weighted by Gasteiger charge is -2.29. The quantitative estimate of drug-likeness (QED) is 0.154. The number of likely N-dealkylation sites (tertiary alicyclic amines) is 2. The molecule has 4 heterocycles. The summed E-state index contributed by atoms with van der Waals surface area (Å²) in [7, 11) is 0. The summed E-state index contributed by atoms with van der Waals surface area (Å²) in [5, 5.41) is 2.32. The Hall–Kier alpha value is -4.46. The Morgan fingerprint density at radius 2 is 1.38 bits per heavy atom. The molecule has 2 aliphatic rings. The van der Waals surface area contributed by atoms with Gasteiger partial charge in [0.15, 0.2) is 0 Å². The molecule has 0 aliphatic carbocycles. The van der Waals surface area contributed by atoms with Gasteiger partial charge in [-0.3, -0.25) is 9.59 Å². The summed E-state index contributed by atoms with van der Waals surface area (Å²) < 4.78 is 0. The van der Waals surface area contributed by atoms with Crippen LogP contribution >= 0.6 is 0 Å². The highest BCUT2D eigenvalue weighted by Gasteiger charge is 2.37. The second kappa shape index (κ2) is 14.0. The number of H-pyrrole nitrogens is 2. The predicted molar refractivity (Wildman–Crippen MR) is 201 cm³/mol. The van der Waals surface area contributed by atoms with Crippen molar-refractivity contribution >= 4 is 33.6 Å². The molecule has 262 valence electrons. The Morgan fingerprint density at radius 1 is 0.760 bits per heavy atom. The number of fused-ring (bicyclic) bond motifs is 2. The number of hydrogen-bond donors (Lipinski definition) is 2. The molecular weight excluding hydrogens is 621 g/mol. The minimum Gasteiger partial charge on any atom is -0.340 e. The van der Waals surface area contributed by atoms with Gasteiger partial charge in [0.25, 0.3) is 0 Å². The lowest BCUT2D eigenvalue weighted by Crippen LogP contribution is -2.37. The lowest BCUT2D eigenvalue weighted by atomic mass is 9.91. The van der Waals surface area contributed by atoms with Crippen LogP contribution in [-0.4, -0.2) is 54.6 Å². The first-order valence-corrected chi connectivity index (χ1v) is 18.9. The van der Waals surface area contributed by atoms with Gasteiger partial charge < -0.3 is 19.8 Å². The van der Waals surface area contributed by atoms with E-state index in [2.05, 4.69) is 116 Å². The van der Waals surface area contributed by atoms with Crippen molar-refractivity contribution in [1.29, 1.82) is 0 Å². The molecule has 0 saturated carbocycles. The number of carbonyl (C=O) groups excluding carboxylic acids is 2. The maximum atomic E-state index is 13.4. The number of nitrogens with one attached hydrogen (secondary N) is 2. The maximum absolute atomic E-state index is 13.4. The van der Waals surface area contributed by atoms with Crippen LogP contribution in [-0.2, 0) is 9.59 Å². The monoisotopic (exact) mass is 672 g/mol. The van der Waals surface area contributed by atoms with E-state index in [4.69, 9.17) is 9.97 Å². The number of imidazole rings is 2. The van der Waals surface area contributed by atoms with Gasteiger partial charge in [0.1, 0.15) is 11.6 Å².